The Balaban J connectivity index is 1.14. The van der Waals surface area contributed by atoms with Gasteiger partial charge in [-0.2, -0.15) is 0 Å². The Morgan fingerprint density at radius 3 is 1.55 bits per heavy atom. The molecule has 4 aromatic carbocycles. The summed E-state index contributed by atoms with van der Waals surface area (Å²) >= 11 is 3.79. The average Bonchev–Trinajstić information content (AvgIpc) is 4.08. The van der Waals surface area contributed by atoms with Gasteiger partial charge in [0.15, 0.2) is 0 Å². The zero-order chi connectivity index (χ0) is 48.0. The predicted octanol–water partition coefficient (Wildman–Crippen LogP) is 19.0. The number of hydrogen-bond donors (Lipinski definition) is 1. The molecule has 0 saturated carbocycles. The number of fused-ring (bicyclic) bond motifs is 4. The predicted molar refractivity (Wildman–Crippen MR) is 293 cm³/mol. The van der Waals surface area contributed by atoms with Crippen LogP contribution in [0.1, 0.15) is 165 Å². The number of benzene rings is 4. The van der Waals surface area contributed by atoms with Crippen molar-refractivity contribution in [3.63, 3.8) is 0 Å². The van der Waals surface area contributed by atoms with Crippen LogP contribution in [0.15, 0.2) is 115 Å². The van der Waals surface area contributed by atoms with Crippen molar-refractivity contribution in [2.75, 3.05) is 18.1 Å². The first-order valence-electron chi connectivity index (χ1n) is 26.2. The van der Waals surface area contributed by atoms with Gasteiger partial charge >= 0.3 is 5.97 Å². The molecule has 7 aromatic rings. The van der Waals surface area contributed by atoms with Gasteiger partial charge in [0, 0.05) is 59.1 Å². The number of pyridine rings is 1. The van der Waals surface area contributed by atoms with E-state index in [0.717, 1.165) is 83.4 Å². The van der Waals surface area contributed by atoms with E-state index in [9.17, 15) is 9.90 Å². The standard InChI is InChI=1S/C61H72N2O4S2/c1-5-9-13-17-37-61(38-18-14-10-6-2)53-42-55(68-58(53)59-54(61)43-56(69-59)52-36-35-51(60(64)65)50-22-21-39-62-57(50)52)44-23-25-45(26-24-44)63(46-27-31-48(32-28-46)66-40-19-15-11-7-3)47-29-33-49(34-30-47)67-41-20-16-12-8-4/h21-36,39,42-43H,5-20,37-38,40-41H2,1-4H3,(H,64,65). The zero-order valence-corrected chi connectivity index (χ0v) is 43.1. The fourth-order valence-electron chi connectivity index (χ4n) is 10.2. The smallest absolute Gasteiger partial charge is 0.336 e. The minimum Gasteiger partial charge on any atom is -0.494 e. The number of unbranched alkanes of at least 4 members (excludes halogenated alkanes) is 12. The molecule has 0 radical (unpaired) electrons. The largest absolute Gasteiger partial charge is 0.494 e. The lowest BCUT2D eigenvalue weighted by Crippen LogP contribution is -2.25. The summed E-state index contributed by atoms with van der Waals surface area (Å²) in [6.07, 6.45) is 23.3. The first kappa shape index (κ1) is 50.0. The fourth-order valence-corrected chi connectivity index (χ4v) is 12.9. The number of rotatable bonds is 28. The van der Waals surface area contributed by atoms with Crippen LogP contribution in [0.3, 0.4) is 0 Å². The van der Waals surface area contributed by atoms with Crippen molar-refractivity contribution in [3.8, 4) is 42.1 Å². The molecule has 1 N–H and O–H groups in total. The molecule has 0 fully saturated rings. The highest BCUT2D eigenvalue weighted by atomic mass is 32.1. The van der Waals surface area contributed by atoms with E-state index in [4.69, 9.17) is 14.5 Å². The number of nitrogens with zero attached hydrogens (tertiary/aromatic N) is 2. The number of thiophene rings is 2. The van der Waals surface area contributed by atoms with Gasteiger partial charge in [0.05, 0.1) is 24.3 Å². The first-order chi connectivity index (χ1) is 33.9. The third kappa shape index (κ3) is 11.6. The van der Waals surface area contributed by atoms with Crippen LogP contribution in [0, 0.1) is 0 Å². The molecule has 0 saturated heterocycles. The molecule has 0 amide bonds. The quantitative estimate of drug-likeness (QED) is 0.0493. The normalized spacial score (nSPS) is 12.6. The van der Waals surface area contributed by atoms with E-state index in [2.05, 4.69) is 118 Å². The maximum atomic E-state index is 12.3. The number of anilines is 3. The van der Waals surface area contributed by atoms with Gasteiger partial charge in [-0.15, -0.1) is 22.7 Å². The molecule has 362 valence electrons. The molecule has 0 spiro atoms. The second-order valence-corrected chi connectivity index (χ2v) is 21.1. The Hall–Kier alpha value is -5.44. The van der Waals surface area contributed by atoms with Gasteiger partial charge in [0.2, 0.25) is 0 Å². The van der Waals surface area contributed by atoms with Gasteiger partial charge in [-0.25, -0.2) is 4.79 Å². The molecule has 1 aliphatic rings. The Morgan fingerprint density at radius 2 is 1.04 bits per heavy atom. The SMILES string of the molecule is CCCCCCOc1ccc(N(c2ccc(OCCCCCC)cc2)c2ccc(-c3cc4c(s3)-c3sc(-c5ccc(C(=O)O)c6cccnc56)cc3C4(CCCCCC)CCCCCC)cc2)cc1. The van der Waals surface area contributed by atoms with Crippen LogP contribution in [-0.4, -0.2) is 29.3 Å². The van der Waals surface area contributed by atoms with Crippen LogP contribution in [0.2, 0.25) is 0 Å². The minimum atomic E-state index is -0.928. The van der Waals surface area contributed by atoms with E-state index in [1.54, 1.807) is 12.3 Å². The van der Waals surface area contributed by atoms with Crippen LogP contribution in [-0.2, 0) is 5.41 Å². The molecule has 1 aliphatic carbocycles. The molecule has 8 rings (SSSR count). The summed E-state index contributed by atoms with van der Waals surface area (Å²) in [7, 11) is 0. The van der Waals surface area contributed by atoms with Gasteiger partial charge in [0.1, 0.15) is 11.5 Å². The van der Waals surface area contributed by atoms with E-state index < -0.39 is 5.97 Å². The van der Waals surface area contributed by atoms with Gasteiger partial charge in [-0.05, 0) is 127 Å². The van der Waals surface area contributed by atoms with Crippen LogP contribution in [0.25, 0.3) is 41.5 Å². The Bertz CT molecular complexity index is 2650. The van der Waals surface area contributed by atoms with Crippen molar-refractivity contribution in [2.45, 2.75) is 149 Å². The molecule has 0 atom stereocenters. The summed E-state index contributed by atoms with van der Waals surface area (Å²) in [5.74, 6) is 0.872. The van der Waals surface area contributed by atoms with E-state index in [1.165, 1.54) is 121 Å². The number of aromatic nitrogens is 1. The van der Waals surface area contributed by atoms with E-state index >= 15 is 0 Å². The van der Waals surface area contributed by atoms with Crippen molar-refractivity contribution in [2.24, 2.45) is 0 Å². The van der Waals surface area contributed by atoms with E-state index in [0.29, 0.717) is 10.9 Å². The summed E-state index contributed by atoms with van der Waals surface area (Å²) < 4.78 is 12.3. The van der Waals surface area contributed by atoms with Crippen LogP contribution in [0.5, 0.6) is 11.5 Å². The van der Waals surface area contributed by atoms with Gasteiger partial charge in [0.25, 0.3) is 0 Å². The lowest BCUT2D eigenvalue weighted by molar-refractivity contribution is 0.0699. The number of carboxylic acid groups (broad SMARTS) is 1. The Labute approximate surface area is 419 Å². The second kappa shape index (κ2) is 24.4. The van der Waals surface area contributed by atoms with Gasteiger partial charge < -0.3 is 19.5 Å². The third-order valence-electron chi connectivity index (χ3n) is 14.0. The maximum absolute atomic E-state index is 12.3. The number of aromatic carboxylic acids is 1. The fraction of sp³-hybridized carbons (Fsp3) is 0.410. The average molecular weight is 961 g/mol. The van der Waals surface area contributed by atoms with Crippen molar-refractivity contribution in [1.82, 2.24) is 4.98 Å². The topological polar surface area (TPSA) is 71.9 Å². The van der Waals surface area contributed by atoms with Crippen LogP contribution in [0.4, 0.5) is 17.1 Å². The summed E-state index contributed by atoms with van der Waals surface area (Å²) in [5, 5.41) is 10.8. The highest BCUT2D eigenvalue weighted by molar-refractivity contribution is 7.25. The Kier molecular flexibility index (Phi) is 17.7. The van der Waals surface area contributed by atoms with E-state index in [-0.39, 0.29) is 5.41 Å². The van der Waals surface area contributed by atoms with Gasteiger partial charge in [-0.3, -0.25) is 4.98 Å². The molecule has 3 heterocycles. The summed E-state index contributed by atoms with van der Waals surface area (Å²) in [6.45, 7) is 10.5. The lowest BCUT2D eigenvalue weighted by Gasteiger charge is -2.31. The molecule has 0 unspecified atom stereocenters. The third-order valence-corrected chi connectivity index (χ3v) is 16.5. The molecule has 69 heavy (non-hydrogen) atoms. The molecule has 3 aromatic heterocycles. The number of hydrogen-bond acceptors (Lipinski definition) is 7. The van der Waals surface area contributed by atoms with Crippen molar-refractivity contribution >= 4 is 56.6 Å². The molecule has 8 heteroatoms. The maximum Gasteiger partial charge on any atom is 0.336 e. The first-order valence-corrected chi connectivity index (χ1v) is 27.8. The second-order valence-electron chi connectivity index (χ2n) is 19.0. The Morgan fingerprint density at radius 1 is 0.565 bits per heavy atom. The molecular formula is C61H72N2O4S2. The lowest BCUT2D eigenvalue weighted by atomic mass is 9.71. The van der Waals surface area contributed by atoms with Crippen molar-refractivity contribution < 1.29 is 19.4 Å². The molecular weight excluding hydrogens is 889 g/mol. The molecule has 0 bridgehead atoms. The number of carbonyl (C=O) groups is 1. The van der Waals surface area contributed by atoms with Crippen LogP contribution < -0.4 is 14.4 Å². The zero-order valence-electron chi connectivity index (χ0n) is 41.5. The van der Waals surface area contributed by atoms with Crippen molar-refractivity contribution in [1.29, 1.82) is 0 Å². The highest BCUT2D eigenvalue weighted by Crippen LogP contribution is 2.62. The summed E-state index contributed by atoms with van der Waals surface area (Å²) in [4.78, 5) is 24.6. The molecule has 0 aliphatic heterocycles. The van der Waals surface area contributed by atoms with Crippen LogP contribution >= 0.6 is 22.7 Å². The highest BCUT2D eigenvalue weighted by Gasteiger charge is 2.45. The monoisotopic (exact) mass is 960 g/mol. The molecule has 6 nitrogen and oxygen atoms in total. The summed E-state index contributed by atoms with van der Waals surface area (Å²) in [6, 6.07) is 38.7. The number of ether oxygens (including phenoxy) is 2. The van der Waals surface area contributed by atoms with E-state index in [1.807, 2.05) is 40.9 Å². The summed E-state index contributed by atoms with van der Waals surface area (Å²) in [5.41, 5.74) is 9.38. The van der Waals surface area contributed by atoms with Crippen molar-refractivity contribution in [3.05, 3.63) is 132 Å². The van der Waals surface area contributed by atoms with Gasteiger partial charge in [-0.1, -0.05) is 142 Å². The minimum absolute atomic E-state index is 0.0760. The number of carboxylic acids is 1.